The first kappa shape index (κ1) is 11.4. The molecule has 4 bridgehead atoms. The molecule has 3 fully saturated rings. The second-order valence-corrected chi connectivity index (χ2v) is 6.27. The lowest BCUT2D eigenvalue weighted by Crippen LogP contribution is -2.60. The number of hydrogen-bond donors (Lipinski definition) is 2. The highest BCUT2D eigenvalue weighted by molar-refractivity contribution is 5.74. The fourth-order valence-corrected chi connectivity index (χ4v) is 4.72. The molecule has 3 saturated carbocycles. The van der Waals surface area contributed by atoms with Crippen LogP contribution in [0.25, 0.3) is 0 Å². The molecule has 0 aromatic carbocycles. The SMILES string of the molecule is CCNC(=O)N[C@]12CCC[C@@H](C1)[C@H]1CC[C@@H]2C1. The molecule has 0 aliphatic heterocycles. The van der Waals surface area contributed by atoms with Crippen LogP contribution in [0, 0.1) is 17.8 Å². The summed E-state index contributed by atoms with van der Waals surface area (Å²) in [6.07, 6.45) is 9.29. The first-order valence-electron chi connectivity index (χ1n) is 7.29. The van der Waals surface area contributed by atoms with E-state index in [2.05, 4.69) is 10.6 Å². The van der Waals surface area contributed by atoms with Gasteiger partial charge in [0.25, 0.3) is 0 Å². The molecule has 0 radical (unpaired) electrons. The Balaban J connectivity index is 1.77. The standard InChI is InChI=1S/C14H24N2O/c1-2-15-13(17)16-14-7-3-4-11(9-14)10-5-6-12(14)8-10/h10-12H,2-9H2,1H3,(H2,15,16,17)/t10-,11-,12+,14+/m0/s1. The predicted octanol–water partition coefficient (Wildman–Crippen LogP) is 2.66. The number of rotatable bonds is 2. The van der Waals surface area contributed by atoms with Gasteiger partial charge in [0.15, 0.2) is 0 Å². The Kier molecular flexibility index (Phi) is 2.80. The van der Waals surface area contributed by atoms with Crippen molar-refractivity contribution in [2.24, 2.45) is 17.8 Å². The quantitative estimate of drug-likeness (QED) is 0.760. The monoisotopic (exact) mass is 236 g/mol. The molecule has 0 heterocycles. The number of fused-ring (bicyclic) bond motifs is 6. The Morgan fingerprint density at radius 3 is 3.00 bits per heavy atom. The largest absolute Gasteiger partial charge is 0.338 e. The lowest BCUT2D eigenvalue weighted by molar-refractivity contribution is 0.0608. The highest BCUT2D eigenvalue weighted by atomic mass is 16.2. The van der Waals surface area contributed by atoms with Crippen molar-refractivity contribution in [3.63, 3.8) is 0 Å². The van der Waals surface area contributed by atoms with Crippen LogP contribution in [0.4, 0.5) is 4.79 Å². The number of amides is 2. The zero-order valence-corrected chi connectivity index (χ0v) is 10.8. The zero-order chi connectivity index (χ0) is 11.9. The summed E-state index contributed by atoms with van der Waals surface area (Å²) >= 11 is 0. The molecular weight excluding hydrogens is 212 g/mol. The molecule has 3 aliphatic carbocycles. The minimum absolute atomic E-state index is 0.0542. The lowest BCUT2D eigenvalue weighted by Gasteiger charge is -2.50. The van der Waals surface area contributed by atoms with Crippen molar-refractivity contribution < 1.29 is 4.79 Å². The smallest absolute Gasteiger partial charge is 0.315 e. The third kappa shape index (κ3) is 1.84. The minimum atomic E-state index is 0.0542. The molecule has 96 valence electrons. The lowest BCUT2D eigenvalue weighted by atomic mass is 9.61. The van der Waals surface area contributed by atoms with E-state index in [1.54, 1.807) is 0 Å². The Labute approximate surface area is 104 Å². The Bertz CT molecular complexity index is 317. The Hall–Kier alpha value is -0.730. The van der Waals surface area contributed by atoms with Crippen LogP contribution in [-0.2, 0) is 0 Å². The molecule has 2 N–H and O–H groups in total. The fraction of sp³-hybridized carbons (Fsp3) is 0.929. The van der Waals surface area contributed by atoms with Gasteiger partial charge in [0.1, 0.15) is 0 Å². The van der Waals surface area contributed by atoms with Crippen molar-refractivity contribution in [3.8, 4) is 0 Å². The van der Waals surface area contributed by atoms with E-state index in [-0.39, 0.29) is 11.6 Å². The number of carbonyl (C=O) groups excluding carboxylic acids is 1. The van der Waals surface area contributed by atoms with Gasteiger partial charge in [-0.1, -0.05) is 12.8 Å². The van der Waals surface area contributed by atoms with Crippen LogP contribution < -0.4 is 10.6 Å². The Morgan fingerprint density at radius 1 is 1.29 bits per heavy atom. The van der Waals surface area contributed by atoms with Gasteiger partial charge in [0, 0.05) is 12.1 Å². The van der Waals surface area contributed by atoms with E-state index in [9.17, 15) is 4.79 Å². The summed E-state index contributed by atoms with van der Waals surface area (Å²) in [7, 11) is 0. The van der Waals surface area contributed by atoms with Crippen LogP contribution in [0.5, 0.6) is 0 Å². The first-order chi connectivity index (χ1) is 8.23. The molecule has 0 unspecified atom stereocenters. The van der Waals surface area contributed by atoms with Crippen molar-refractivity contribution in [2.75, 3.05) is 6.54 Å². The van der Waals surface area contributed by atoms with Crippen LogP contribution in [0.1, 0.15) is 51.9 Å². The summed E-state index contributed by atoms with van der Waals surface area (Å²) in [4.78, 5) is 11.9. The third-order valence-corrected chi connectivity index (χ3v) is 5.45. The maximum atomic E-state index is 11.9. The number of carbonyl (C=O) groups is 1. The average Bonchev–Trinajstić information content (AvgIpc) is 2.75. The van der Waals surface area contributed by atoms with Gasteiger partial charge in [-0.2, -0.15) is 0 Å². The fourth-order valence-electron chi connectivity index (χ4n) is 4.72. The van der Waals surface area contributed by atoms with Gasteiger partial charge >= 0.3 is 6.03 Å². The van der Waals surface area contributed by atoms with Gasteiger partial charge in [-0.3, -0.25) is 0 Å². The van der Waals surface area contributed by atoms with Gasteiger partial charge in [-0.25, -0.2) is 4.79 Å². The number of urea groups is 1. The van der Waals surface area contributed by atoms with Gasteiger partial charge in [-0.05, 0) is 56.8 Å². The highest BCUT2D eigenvalue weighted by Gasteiger charge is 2.53. The summed E-state index contributed by atoms with van der Waals surface area (Å²) in [6, 6.07) is 0.0542. The third-order valence-electron chi connectivity index (χ3n) is 5.45. The van der Waals surface area contributed by atoms with Crippen molar-refractivity contribution >= 4 is 6.03 Å². The maximum Gasteiger partial charge on any atom is 0.315 e. The second-order valence-electron chi connectivity index (χ2n) is 6.27. The van der Waals surface area contributed by atoms with Crippen LogP contribution in [0.2, 0.25) is 0 Å². The summed E-state index contributed by atoms with van der Waals surface area (Å²) in [5, 5.41) is 6.24. The van der Waals surface area contributed by atoms with Crippen LogP contribution >= 0.6 is 0 Å². The normalized spacial score (nSPS) is 43.2. The van der Waals surface area contributed by atoms with E-state index >= 15 is 0 Å². The summed E-state index contributed by atoms with van der Waals surface area (Å²) < 4.78 is 0. The van der Waals surface area contributed by atoms with E-state index in [0.717, 1.165) is 24.3 Å². The zero-order valence-electron chi connectivity index (χ0n) is 10.8. The molecular formula is C14H24N2O. The van der Waals surface area contributed by atoms with E-state index in [0.29, 0.717) is 0 Å². The maximum absolute atomic E-state index is 11.9. The number of hydrogen-bond acceptors (Lipinski definition) is 1. The summed E-state index contributed by atoms with van der Waals surface area (Å²) in [5.74, 6) is 2.63. The van der Waals surface area contributed by atoms with Crippen molar-refractivity contribution in [2.45, 2.75) is 57.4 Å². The van der Waals surface area contributed by atoms with Gasteiger partial charge in [0.05, 0.1) is 0 Å². The molecule has 0 spiro atoms. The van der Waals surface area contributed by atoms with Gasteiger partial charge in [-0.15, -0.1) is 0 Å². The predicted molar refractivity (Wildman–Crippen MR) is 67.7 cm³/mol. The summed E-state index contributed by atoms with van der Waals surface area (Å²) in [5.41, 5.74) is 0.148. The van der Waals surface area contributed by atoms with Gasteiger partial charge in [0.2, 0.25) is 0 Å². The van der Waals surface area contributed by atoms with Crippen LogP contribution in [0.15, 0.2) is 0 Å². The molecule has 3 nitrogen and oxygen atoms in total. The topological polar surface area (TPSA) is 41.1 Å². The molecule has 3 rings (SSSR count). The number of nitrogens with one attached hydrogen (secondary N) is 2. The molecule has 3 aliphatic rings. The van der Waals surface area contributed by atoms with Crippen LogP contribution in [-0.4, -0.2) is 18.1 Å². The van der Waals surface area contributed by atoms with E-state index in [1.165, 1.54) is 44.9 Å². The van der Waals surface area contributed by atoms with Crippen LogP contribution in [0.3, 0.4) is 0 Å². The van der Waals surface area contributed by atoms with Crippen molar-refractivity contribution in [1.29, 1.82) is 0 Å². The minimum Gasteiger partial charge on any atom is -0.338 e. The highest BCUT2D eigenvalue weighted by Crippen LogP contribution is 2.56. The van der Waals surface area contributed by atoms with E-state index in [4.69, 9.17) is 0 Å². The molecule has 0 aromatic heterocycles. The molecule has 0 saturated heterocycles. The summed E-state index contributed by atoms with van der Waals surface area (Å²) in [6.45, 7) is 2.70. The molecule has 2 amide bonds. The molecule has 0 aromatic rings. The average molecular weight is 236 g/mol. The van der Waals surface area contributed by atoms with Gasteiger partial charge < -0.3 is 10.6 Å². The van der Waals surface area contributed by atoms with Crippen molar-refractivity contribution in [1.82, 2.24) is 10.6 Å². The van der Waals surface area contributed by atoms with E-state index in [1.807, 2.05) is 6.92 Å². The van der Waals surface area contributed by atoms with Crippen molar-refractivity contribution in [3.05, 3.63) is 0 Å². The Morgan fingerprint density at radius 2 is 2.18 bits per heavy atom. The second kappa shape index (κ2) is 4.18. The molecule has 17 heavy (non-hydrogen) atoms. The molecule has 3 heteroatoms. The first-order valence-corrected chi connectivity index (χ1v) is 7.29. The molecule has 4 atom stereocenters. The van der Waals surface area contributed by atoms with E-state index < -0.39 is 0 Å².